The van der Waals surface area contributed by atoms with Gasteiger partial charge < -0.3 is 19.1 Å². The molecule has 0 bridgehead atoms. The molecule has 0 unspecified atom stereocenters. The quantitative estimate of drug-likeness (QED) is 0.567. The van der Waals surface area contributed by atoms with Crippen molar-refractivity contribution in [3.05, 3.63) is 39.5 Å². The summed E-state index contributed by atoms with van der Waals surface area (Å²) >= 11 is 3.31. The number of ketones is 1. The van der Waals surface area contributed by atoms with E-state index in [1.54, 1.807) is 18.2 Å². The number of Topliss-reactive ketones (excluding diaryl/α,β-unsaturated/α-hetero) is 1. The van der Waals surface area contributed by atoms with E-state index in [1.807, 2.05) is 0 Å². The van der Waals surface area contributed by atoms with Crippen LogP contribution in [-0.4, -0.2) is 45.3 Å². The Bertz CT molecular complexity index is 727. The van der Waals surface area contributed by atoms with Gasteiger partial charge in [-0.05, 0) is 25.1 Å². The number of anilines is 1. The predicted octanol–water partition coefficient (Wildman–Crippen LogP) is 2.05. The van der Waals surface area contributed by atoms with Crippen LogP contribution in [0.4, 0.5) is 5.69 Å². The highest BCUT2D eigenvalue weighted by atomic mass is 79.9. The highest BCUT2D eigenvalue weighted by Gasteiger charge is 2.33. The molecule has 0 amide bonds. The lowest BCUT2D eigenvalue weighted by Crippen LogP contribution is -2.39. The van der Waals surface area contributed by atoms with Crippen molar-refractivity contribution >= 4 is 39.3 Å². The van der Waals surface area contributed by atoms with Crippen molar-refractivity contribution in [3.63, 3.8) is 0 Å². The standard InChI is InChI=1S/C16H16BrNO6/c1-9(19)11-6-10(17)4-5-13(11)18-8-24-7-12(15(20)22-2)14(18)16(21)23-3/h4-6H,7-8H2,1-3H3. The Morgan fingerprint density at radius 1 is 1.17 bits per heavy atom. The average Bonchev–Trinajstić information content (AvgIpc) is 2.59. The fourth-order valence-electron chi connectivity index (χ4n) is 2.36. The first-order chi connectivity index (χ1) is 11.4. The molecule has 0 saturated heterocycles. The van der Waals surface area contributed by atoms with E-state index in [9.17, 15) is 14.4 Å². The third-order valence-corrected chi connectivity index (χ3v) is 3.96. The first-order valence-corrected chi connectivity index (χ1v) is 7.75. The zero-order valence-electron chi connectivity index (χ0n) is 13.4. The minimum absolute atomic E-state index is 0.000391. The van der Waals surface area contributed by atoms with Crippen LogP contribution in [0, 0.1) is 0 Å². The van der Waals surface area contributed by atoms with E-state index >= 15 is 0 Å². The molecular weight excluding hydrogens is 382 g/mol. The minimum Gasteiger partial charge on any atom is -0.466 e. The van der Waals surface area contributed by atoms with Gasteiger partial charge in [0.05, 0.1) is 32.1 Å². The molecule has 1 aromatic rings. The fourth-order valence-corrected chi connectivity index (χ4v) is 2.72. The van der Waals surface area contributed by atoms with Crippen molar-refractivity contribution in [1.82, 2.24) is 0 Å². The van der Waals surface area contributed by atoms with Crippen LogP contribution >= 0.6 is 15.9 Å². The molecule has 0 N–H and O–H groups in total. The zero-order chi connectivity index (χ0) is 17.9. The van der Waals surface area contributed by atoms with E-state index in [-0.39, 0.29) is 30.4 Å². The van der Waals surface area contributed by atoms with E-state index in [0.717, 1.165) is 0 Å². The van der Waals surface area contributed by atoms with E-state index in [1.165, 1.54) is 26.0 Å². The molecule has 8 heteroatoms. The van der Waals surface area contributed by atoms with Gasteiger partial charge in [0.15, 0.2) is 5.78 Å². The van der Waals surface area contributed by atoms with E-state index in [2.05, 4.69) is 15.9 Å². The molecule has 0 atom stereocenters. The van der Waals surface area contributed by atoms with Gasteiger partial charge in [0.2, 0.25) is 0 Å². The average molecular weight is 398 g/mol. The Balaban J connectivity index is 2.66. The summed E-state index contributed by atoms with van der Waals surface area (Å²) in [4.78, 5) is 37.6. The van der Waals surface area contributed by atoms with Gasteiger partial charge in [-0.15, -0.1) is 0 Å². The number of carbonyl (C=O) groups excluding carboxylic acids is 3. The van der Waals surface area contributed by atoms with Crippen molar-refractivity contribution in [3.8, 4) is 0 Å². The van der Waals surface area contributed by atoms with Crippen LogP contribution in [-0.2, 0) is 23.8 Å². The van der Waals surface area contributed by atoms with Crippen molar-refractivity contribution in [2.45, 2.75) is 6.92 Å². The lowest BCUT2D eigenvalue weighted by atomic mass is 10.1. The van der Waals surface area contributed by atoms with E-state index in [0.29, 0.717) is 15.7 Å². The molecule has 128 valence electrons. The maximum Gasteiger partial charge on any atom is 0.355 e. The van der Waals surface area contributed by atoms with Crippen LogP contribution in [0.1, 0.15) is 17.3 Å². The Kier molecular flexibility index (Phi) is 5.74. The van der Waals surface area contributed by atoms with Crippen LogP contribution in [0.25, 0.3) is 0 Å². The smallest absolute Gasteiger partial charge is 0.355 e. The molecule has 0 radical (unpaired) electrons. The van der Waals surface area contributed by atoms with Crippen molar-refractivity contribution in [2.75, 3.05) is 32.5 Å². The lowest BCUT2D eigenvalue weighted by Gasteiger charge is -2.32. The number of halogens is 1. The number of ether oxygens (including phenoxy) is 3. The Morgan fingerprint density at radius 2 is 1.83 bits per heavy atom. The Morgan fingerprint density at radius 3 is 2.42 bits per heavy atom. The highest BCUT2D eigenvalue weighted by Crippen LogP contribution is 2.31. The van der Waals surface area contributed by atoms with Gasteiger partial charge in [-0.25, -0.2) is 9.59 Å². The van der Waals surface area contributed by atoms with Gasteiger partial charge in [0, 0.05) is 10.0 Å². The van der Waals surface area contributed by atoms with E-state index < -0.39 is 11.9 Å². The SMILES string of the molecule is COC(=O)C1=C(C(=O)OC)N(c2ccc(Br)cc2C(C)=O)COC1. The Hall–Kier alpha value is -2.19. The second-order valence-electron chi connectivity index (χ2n) is 4.93. The van der Waals surface area contributed by atoms with Crippen LogP contribution in [0.2, 0.25) is 0 Å². The maximum atomic E-state index is 12.3. The normalized spacial score (nSPS) is 14.4. The topological polar surface area (TPSA) is 82.1 Å². The molecule has 0 aromatic heterocycles. The molecule has 0 saturated carbocycles. The molecular formula is C16H16BrNO6. The minimum atomic E-state index is -0.712. The van der Waals surface area contributed by atoms with Gasteiger partial charge in [0.1, 0.15) is 12.4 Å². The van der Waals surface area contributed by atoms with Gasteiger partial charge in [-0.2, -0.15) is 0 Å². The third kappa shape index (κ3) is 3.49. The predicted molar refractivity (Wildman–Crippen MR) is 88.5 cm³/mol. The number of benzene rings is 1. The second kappa shape index (κ2) is 7.59. The van der Waals surface area contributed by atoms with Crippen molar-refractivity contribution in [1.29, 1.82) is 0 Å². The number of carbonyl (C=O) groups is 3. The highest BCUT2D eigenvalue weighted by molar-refractivity contribution is 9.10. The number of rotatable bonds is 4. The first-order valence-electron chi connectivity index (χ1n) is 6.96. The number of esters is 2. The molecule has 24 heavy (non-hydrogen) atoms. The van der Waals surface area contributed by atoms with Crippen LogP contribution in [0.5, 0.6) is 0 Å². The summed E-state index contributed by atoms with van der Waals surface area (Å²) in [7, 11) is 2.43. The summed E-state index contributed by atoms with van der Waals surface area (Å²) in [5.41, 5.74) is 0.848. The summed E-state index contributed by atoms with van der Waals surface area (Å²) < 4.78 is 15.6. The van der Waals surface area contributed by atoms with Gasteiger partial charge in [-0.3, -0.25) is 4.79 Å². The molecule has 0 spiro atoms. The number of methoxy groups -OCH3 is 2. The van der Waals surface area contributed by atoms with Gasteiger partial charge in [-0.1, -0.05) is 15.9 Å². The largest absolute Gasteiger partial charge is 0.466 e. The van der Waals surface area contributed by atoms with Crippen molar-refractivity contribution in [2.24, 2.45) is 0 Å². The third-order valence-electron chi connectivity index (χ3n) is 3.46. The summed E-state index contributed by atoms with van der Waals surface area (Å²) in [5, 5.41) is 0. The van der Waals surface area contributed by atoms with Crippen LogP contribution in [0.3, 0.4) is 0 Å². The lowest BCUT2D eigenvalue weighted by molar-refractivity contribution is -0.140. The monoisotopic (exact) mass is 397 g/mol. The second-order valence-corrected chi connectivity index (χ2v) is 5.85. The molecule has 2 rings (SSSR count). The van der Waals surface area contributed by atoms with Gasteiger partial charge >= 0.3 is 11.9 Å². The molecule has 1 aliphatic heterocycles. The number of hydrogen-bond donors (Lipinski definition) is 0. The fraction of sp³-hybridized carbons (Fsp3) is 0.312. The van der Waals surface area contributed by atoms with Crippen LogP contribution in [0.15, 0.2) is 33.9 Å². The molecule has 1 aliphatic rings. The van der Waals surface area contributed by atoms with Crippen molar-refractivity contribution < 1.29 is 28.6 Å². The number of hydrogen-bond acceptors (Lipinski definition) is 7. The van der Waals surface area contributed by atoms with E-state index in [4.69, 9.17) is 14.2 Å². The molecule has 1 aromatic carbocycles. The maximum absolute atomic E-state index is 12.3. The van der Waals surface area contributed by atoms with Gasteiger partial charge in [0.25, 0.3) is 0 Å². The summed E-state index contributed by atoms with van der Waals surface area (Å²) in [6.45, 7) is 1.32. The van der Waals surface area contributed by atoms with Crippen LogP contribution < -0.4 is 4.90 Å². The molecule has 7 nitrogen and oxygen atoms in total. The number of nitrogens with zero attached hydrogens (tertiary/aromatic N) is 1. The summed E-state index contributed by atoms with van der Waals surface area (Å²) in [5.74, 6) is -1.60. The molecule has 1 heterocycles. The summed E-state index contributed by atoms with van der Waals surface area (Å²) in [6, 6.07) is 5.02. The zero-order valence-corrected chi connectivity index (χ0v) is 15.0. The summed E-state index contributed by atoms with van der Waals surface area (Å²) in [6.07, 6.45) is 0. The molecule has 0 aliphatic carbocycles. The first kappa shape index (κ1) is 18.2. The Labute approximate surface area is 147 Å². The molecule has 0 fully saturated rings.